The van der Waals surface area contributed by atoms with Crippen LogP contribution in [0.5, 0.6) is 0 Å². The van der Waals surface area contributed by atoms with E-state index in [4.69, 9.17) is 14.9 Å². The molecule has 1 unspecified atom stereocenters. The SMILES string of the molecule is O=C(C1CCCN1C(=O)OCc1ccccc1)N(CCO)CCO. The number of carbonyl (C=O) groups is 2. The van der Waals surface area contributed by atoms with Gasteiger partial charge in [-0.1, -0.05) is 30.3 Å². The Morgan fingerprint density at radius 1 is 1.17 bits per heavy atom. The number of amides is 2. The third kappa shape index (κ3) is 4.69. The molecule has 2 N–H and O–H groups in total. The largest absolute Gasteiger partial charge is 0.445 e. The summed E-state index contributed by atoms with van der Waals surface area (Å²) in [4.78, 5) is 27.7. The van der Waals surface area contributed by atoms with Crippen LogP contribution in [0.15, 0.2) is 30.3 Å². The molecule has 0 aliphatic carbocycles. The van der Waals surface area contributed by atoms with Crippen molar-refractivity contribution in [2.24, 2.45) is 0 Å². The van der Waals surface area contributed by atoms with Crippen LogP contribution in [0.25, 0.3) is 0 Å². The summed E-state index contributed by atoms with van der Waals surface area (Å²) in [7, 11) is 0. The van der Waals surface area contributed by atoms with Crippen molar-refractivity contribution < 1.29 is 24.5 Å². The van der Waals surface area contributed by atoms with Gasteiger partial charge in [0.25, 0.3) is 0 Å². The summed E-state index contributed by atoms with van der Waals surface area (Å²) in [5.74, 6) is -0.257. The molecule has 2 rings (SSSR count). The van der Waals surface area contributed by atoms with E-state index in [1.54, 1.807) is 0 Å². The first-order valence-corrected chi connectivity index (χ1v) is 8.15. The minimum absolute atomic E-state index is 0.142. The monoisotopic (exact) mass is 336 g/mol. The first-order chi connectivity index (χ1) is 11.7. The highest BCUT2D eigenvalue weighted by atomic mass is 16.6. The molecule has 1 aromatic carbocycles. The molecule has 0 radical (unpaired) electrons. The third-order valence-electron chi connectivity index (χ3n) is 4.03. The van der Waals surface area contributed by atoms with E-state index in [2.05, 4.69) is 0 Å². The van der Waals surface area contributed by atoms with Crippen LogP contribution in [-0.2, 0) is 16.1 Å². The highest BCUT2D eigenvalue weighted by Gasteiger charge is 2.37. The molecular formula is C17H24N2O5. The summed E-state index contributed by atoms with van der Waals surface area (Å²) in [6.45, 7) is 0.545. The van der Waals surface area contributed by atoms with Crippen LogP contribution >= 0.6 is 0 Å². The van der Waals surface area contributed by atoms with Gasteiger partial charge in [-0.2, -0.15) is 0 Å². The van der Waals surface area contributed by atoms with Gasteiger partial charge in [0, 0.05) is 19.6 Å². The number of nitrogens with zero attached hydrogens (tertiary/aromatic N) is 2. The Morgan fingerprint density at radius 3 is 2.46 bits per heavy atom. The van der Waals surface area contributed by atoms with E-state index >= 15 is 0 Å². The second-order valence-electron chi connectivity index (χ2n) is 5.66. The Bertz CT molecular complexity index is 531. The van der Waals surface area contributed by atoms with E-state index in [-0.39, 0.29) is 38.8 Å². The Labute approximate surface area is 141 Å². The van der Waals surface area contributed by atoms with Crippen LogP contribution in [0.1, 0.15) is 18.4 Å². The van der Waals surface area contributed by atoms with Crippen molar-refractivity contribution >= 4 is 12.0 Å². The van der Waals surface area contributed by atoms with Crippen LogP contribution in [0, 0.1) is 0 Å². The maximum Gasteiger partial charge on any atom is 0.410 e. The van der Waals surface area contributed by atoms with Crippen molar-refractivity contribution in [3.05, 3.63) is 35.9 Å². The van der Waals surface area contributed by atoms with Crippen LogP contribution in [0.2, 0.25) is 0 Å². The molecule has 0 saturated carbocycles. The number of hydrogen-bond acceptors (Lipinski definition) is 5. The molecule has 0 bridgehead atoms. The molecule has 7 heteroatoms. The van der Waals surface area contributed by atoms with Crippen LogP contribution in [0.4, 0.5) is 4.79 Å². The summed E-state index contributed by atoms with van der Waals surface area (Å²) in [6.07, 6.45) is 0.776. The van der Waals surface area contributed by atoms with E-state index in [9.17, 15) is 9.59 Å². The number of benzene rings is 1. The van der Waals surface area contributed by atoms with Gasteiger partial charge in [-0.25, -0.2) is 4.79 Å². The predicted octanol–water partition coefficient (Wildman–Crippen LogP) is 0.601. The number of carbonyl (C=O) groups excluding carboxylic acids is 2. The average Bonchev–Trinajstić information content (AvgIpc) is 3.09. The van der Waals surface area contributed by atoms with Crippen molar-refractivity contribution in [1.82, 2.24) is 9.80 Å². The zero-order valence-electron chi connectivity index (χ0n) is 13.6. The standard InChI is InChI=1S/C17H24N2O5/c20-11-9-18(10-12-21)16(22)15-7-4-8-19(15)17(23)24-13-14-5-2-1-3-6-14/h1-3,5-6,15,20-21H,4,7-13H2. The molecule has 0 spiro atoms. The maximum absolute atomic E-state index is 12.6. The summed E-state index contributed by atoms with van der Waals surface area (Å²) < 4.78 is 5.31. The number of rotatable bonds is 7. The average molecular weight is 336 g/mol. The number of hydrogen-bond donors (Lipinski definition) is 2. The number of aliphatic hydroxyl groups excluding tert-OH is 2. The lowest BCUT2D eigenvalue weighted by molar-refractivity contribution is -0.136. The molecule has 1 heterocycles. The second kappa shape index (κ2) is 9.24. The van der Waals surface area contributed by atoms with E-state index in [0.29, 0.717) is 13.0 Å². The van der Waals surface area contributed by atoms with Gasteiger partial charge in [0.15, 0.2) is 0 Å². The third-order valence-corrected chi connectivity index (χ3v) is 4.03. The van der Waals surface area contributed by atoms with E-state index < -0.39 is 12.1 Å². The molecule has 132 valence electrons. The van der Waals surface area contributed by atoms with Gasteiger partial charge in [0.1, 0.15) is 12.6 Å². The van der Waals surface area contributed by atoms with Crippen molar-refractivity contribution in [2.75, 3.05) is 32.8 Å². The number of ether oxygens (including phenoxy) is 1. The Hall–Kier alpha value is -2.12. The van der Waals surface area contributed by atoms with Crippen molar-refractivity contribution in [1.29, 1.82) is 0 Å². The Kier molecular flexibility index (Phi) is 7.02. The van der Waals surface area contributed by atoms with Gasteiger partial charge < -0.3 is 19.8 Å². The Balaban J connectivity index is 1.95. The molecule has 7 nitrogen and oxygen atoms in total. The number of aliphatic hydroxyl groups is 2. The van der Waals surface area contributed by atoms with Gasteiger partial charge in [-0.15, -0.1) is 0 Å². The lowest BCUT2D eigenvalue weighted by atomic mass is 10.2. The molecule has 1 aliphatic rings. The summed E-state index contributed by atoms with van der Waals surface area (Å²) in [5.41, 5.74) is 0.884. The van der Waals surface area contributed by atoms with Gasteiger partial charge in [0.05, 0.1) is 13.2 Å². The van der Waals surface area contributed by atoms with E-state index in [0.717, 1.165) is 12.0 Å². The summed E-state index contributed by atoms with van der Waals surface area (Å²) >= 11 is 0. The fourth-order valence-electron chi connectivity index (χ4n) is 2.83. The molecule has 24 heavy (non-hydrogen) atoms. The minimum atomic E-state index is -0.591. The molecule has 1 fully saturated rings. The molecule has 1 saturated heterocycles. The summed E-state index contributed by atoms with van der Waals surface area (Å²) in [5, 5.41) is 18.1. The first-order valence-electron chi connectivity index (χ1n) is 8.15. The van der Waals surface area contributed by atoms with Gasteiger partial charge >= 0.3 is 6.09 Å². The second-order valence-corrected chi connectivity index (χ2v) is 5.66. The molecule has 1 aliphatic heterocycles. The van der Waals surface area contributed by atoms with Gasteiger partial charge in [-0.3, -0.25) is 9.69 Å². The van der Waals surface area contributed by atoms with Crippen molar-refractivity contribution in [3.8, 4) is 0 Å². The lowest BCUT2D eigenvalue weighted by Crippen LogP contribution is -2.49. The molecule has 1 aromatic rings. The van der Waals surface area contributed by atoms with Crippen LogP contribution < -0.4 is 0 Å². The fraction of sp³-hybridized carbons (Fsp3) is 0.529. The van der Waals surface area contributed by atoms with Crippen molar-refractivity contribution in [2.45, 2.75) is 25.5 Å². The molecule has 1 atom stereocenters. The highest BCUT2D eigenvalue weighted by molar-refractivity contribution is 5.86. The smallest absolute Gasteiger partial charge is 0.410 e. The quantitative estimate of drug-likeness (QED) is 0.761. The van der Waals surface area contributed by atoms with E-state index in [1.165, 1.54) is 9.80 Å². The molecule has 0 aromatic heterocycles. The topological polar surface area (TPSA) is 90.3 Å². The first kappa shape index (κ1) is 18.2. The van der Waals surface area contributed by atoms with Crippen LogP contribution in [-0.4, -0.2) is 70.9 Å². The van der Waals surface area contributed by atoms with Crippen LogP contribution in [0.3, 0.4) is 0 Å². The van der Waals surface area contributed by atoms with Crippen molar-refractivity contribution in [3.63, 3.8) is 0 Å². The molecular weight excluding hydrogens is 312 g/mol. The zero-order chi connectivity index (χ0) is 17.4. The maximum atomic E-state index is 12.6. The minimum Gasteiger partial charge on any atom is -0.445 e. The lowest BCUT2D eigenvalue weighted by Gasteiger charge is -2.29. The molecule has 2 amide bonds. The predicted molar refractivity (Wildman–Crippen MR) is 87.1 cm³/mol. The normalized spacial score (nSPS) is 16.9. The van der Waals surface area contributed by atoms with E-state index in [1.807, 2.05) is 30.3 Å². The number of likely N-dealkylation sites (tertiary alicyclic amines) is 1. The Morgan fingerprint density at radius 2 is 1.83 bits per heavy atom. The highest BCUT2D eigenvalue weighted by Crippen LogP contribution is 2.21. The van der Waals surface area contributed by atoms with Gasteiger partial charge in [0.2, 0.25) is 5.91 Å². The fourth-order valence-corrected chi connectivity index (χ4v) is 2.83. The zero-order valence-corrected chi connectivity index (χ0v) is 13.6. The summed E-state index contributed by atoms with van der Waals surface area (Å²) in [6, 6.07) is 8.76. The van der Waals surface area contributed by atoms with Gasteiger partial charge in [-0.05, 0) is 18.4 Å².